The summed E-state index contributed by atoms with van der Waals surface area (Å²) in [5.74, 6) is -0.0471. The number of nitrogens with zero attached hydrogens (tertiary/aromatic N) is 4. The molecule has 6 nitrogen and oxygen atoms in total. The minimum absolute atomic E-state index is 0.0471. The predicted octanol–water partition coefficient (Wildman–Crippen LogP) is 3.29. The van der Waals surface area contributed by atoms with Crippen LogP contribution in [0.1, 0.15) is 65.8 Å². The Morgan fingerprint density at radius 2 is 1.70 bits per heavy atom. The molecule has 1 amide bonds. The summed E-state index contributed by atoms with van der Waals surface area (Å²) in [5, 5.41) is 7.63. The topological polar surface area (TPSA) is 53.4 Å². The van der Waals surface area contributed by atoms with Crippen LogP contribution in [0.4, 0.5) is 0 Å². The van der Waals surface area contributed by atoms with Gasteiger partial charge in [-0.1, -0.05) is 36.8 Å². The first-order valence-corrected chi connectivity index (χ1v) is 13.1. The Kier molecular flexibility index (Phi) is 7.12. The summed E-state index contributed by atoms with van der Waals surface area (Å²) >= 11 is 0. The quantitative estimate of drug-likeness (QED) is 0.735. The average Bonchev–Trinajstić information content (AvgIpc) is 3.26. The highest BCUT2D eigenvalue weighted by Crippen LogP contribution is 2.30. The molecule has 0 spiro atoms. The van der Waals surface area contributed by atoms with Crippen LogP contribution in [0.5, 0.6) is 0 Å². The number of piperidine rings is 2. The Balaban J connectivity index is 1.26. The van der Waals surface area contributed by atoms with Crippen molar-refractivity contribution in [3.05, 3.63) is 52.8 Å². The van der Waals surface area contributed by atoms with Gasteiger partial charge in [0.25, 0.3) is 5.91 Å². The molecule has 1 aliphatic carbocycles. The molecule has 2 aromatic rings. The van der Waals surface area contributed by atoms with Gasteiger partial charge in [-0.25, -0.2) is 0 Å². The summed E-state index contributed by atoms with van der Waals surface area (Å²) in [5.41, 5.74) is 4.43. The molecule has 2 fully saturated rings. The Hall–Kier alpha value is -2.18. The monoisotopic (exact) mass is 449 g/mol. The summed E-state index contributed by atoms with van der Waals surface area (Å²) in [6.45, 7) is 5.82. The van der Waals surface area contributed by atoms with Gasteiger partial charge in [0, 0.05) is 36.9 Å². The minimum Gasteiger partial charge on any atom is -0.354 e. The molecule has 0 radical (unpaired) electrons. The van der Waals surface area contributed by atoms with Crippen LogP contribution in [-0.2, 0) is 25.8 Å². The summed E-state index contributed by atoms with van der Waals surface area (Å²) in [7, 11) is 1.71. The Morgan fingerprint density at radius 3 is 2.42 bits per heavy atom. The molecule has 2 aliphatic heterocycles. The van der Waals surface area contributed by atoms with E-state index in [0.29, 0.717) is 11.7 Å². The largest absolute Gasteiger partial charge is 0.354 e. The average molecular weight is 450 g/mol. The zero-order valence-electron chi connectivity index (χ0n) is 20.1. The molecular formula is C27H39N5O. The van der Waals surface area contributed by atoms with E-state index >= 15 is 0 Å². The number of carbonyl (C=O) groups is 1. The van der Waals surface area contributed by atoms with E-state index in [1.54, 1.807) is 7.05 Å². The molecule has 0 bridgehead atoms. The van der Waals surface area contributed by atoms with Crippen LogP contribution >= 0.6 is 0 Å². The molecule has 3 heterocycles. The van der Waals surface area contributed by atoms with E-state index in [0.717, 1.165) is 31.8 Å². The Bertz CT molecular complexity index is 925. The van der Waals surface area contributed by atoms with Crippen LogP contribution in [-0.4, -0.2) is 70.8 Å². The number of rotatable bonds is 6. The van der Waals surface area contributed by atoms with Gasteiger partial charge in [0.2, 0.25) is 0 Å². The third kappa shape index (κ3) is 5.02. The maximum atomic E-state index is 12.7. The molecular weight excluding hydrogens is 410 g/mol. The summed E-state index contributed by atoms with van der Waals surface area (Å²) in [6.07, 6.45) is 10.8. The first-order valence-electron chi connectivity index (χ1n) is 13.1. The predicted molar refractivity (Wildman–Crippen MR) is 132 cm³/mol. The second-order valence-electron chi connectivity index (χ2n) is 10.1. The van der Waals surface area contributed by atoms with E-state index in [1.165, 1.54) is 81.5 Å². The fourth-order valence-electron chi connectivity index (χ4n) is 6.25. The van der Waals surface area contributed by atoms with Gasteiger partial charge in [0.1, 0.15) is 0 Å². The molecule has 1 aromatic carbocycles. The zero-order chi connectivity index (χ0) is 22.6. The fraction of sp³-hybridized carbons (Fsp3) is 0.630. The van der Waals surface area contributed by atoms with E-state index in [4.69, 9.17) is 5.10 Å². The fourth-order valence-corrected chi connectivity index (χ4v) is 6.25. The van der Waals surface area contributed by atoms with Crippen molar-refractivity contribution < 1.29 is 4.79 Å². The first-order chi connectivity index (χ1) is 16.2. The van der Waals surface area contributed by atoms with Crippen LogP contribution < -0.4 is 5.32 Å². The molecule has 1 unspecified atom stereocenters. The molecule has 33 heavy (non-hydrogen) atoms. The van der Waals surface area contributed by atoms with Gasteiger partial charge >= 0.3 is 0 Å². The van der Waals surface area contributed by atoms with E-state index in [1.807, 2.05) is 0 Å². The van der Waals surface area contributed by atoms with Crippen molar-refractivity contribution in [3.8, 4) is 0 Å². The van der Waals surface area contributed by atoms with E-state index in [-0.39, 0.29) is 5.91 Å². The van der Waals surface area contributed by atoms with Gasteiger partial charge in [-0.3, -0.25) is 14.4 Å². The molecule has 1 atom stereocenters. The standard InChI is InChI=1S/C27H39N5O/c1-28-27(33)26-24-20-23(31-17-13-22(14-18-31)30-15-6-3-7-16-30)10-11-25(24)32(29-26)19-12-21-8-4-2-5-9-21/h2,4-5,8-9,22-23H,3,6-7,10-20H2,1H3,(H,28,33). The van der Waals surface area contributed by atoms with Crippen LogP contribution in [0.3, 0.4) is 0 Å². The maximum absolute atomic E-state index is 12.7. The second kappa shape index (κ2) is 10.4. The molecule has 5 rings (SSSR count). The van der Waals surface area contributed by atoms with Crippen molar-refractivity contribution >= 4 is 5.91 Å². The van der Waals surface area contributed by atoms with Gasteiger partial charge in [-0.05, 0) is 83.1 Å². The number of amides is 1. The molecule has 1 N–H and O–H groups in total. The molecule has 0 saturated carbocycles. The highest BCUT2D eigenvalue weighted by molar-refractivity contribution is 5.93. The van der Waals surface area contributed by atoms with E-state index < -0.39 is 0 Å². The zero-order valence-corrected chi connectivity index (χ0v) is 20.1. The number of nitrogens with one attached hydrogen (secondary N) is 1. The number of aromatic nitrogens is 2. The van der Waals surface area contributed by atoms with Gasteiger partial charge in [-0.15, -0.1) is 0 Å². The summed E-state index contributed by atoms with van der Waals surface area (Å²) in [6, 6.07) is 11.9. The normalized spacial score (nSPS) is 22.8. The minimum atomic E-state index is -0.0471. The lowest BCUT2D eigenvalue weighted by atomic mass is 9.88. The molecule has 3 aliphatic rings. The van der Waals surface area contributed by atoms with Gasteiger partial charge in [0.05, 0.1) is 0 Å². The lowest BCUT2D eigenvalue weighted by molar-refractivity contribution is 0.0680. The van der Waals surface area contributed by atoms with Crippen LogP contribution in [0.15, 0.2) is 30.3 Å². The van der Waals surface area contributed by atoms with E-state index in [2.05, 4.69) is 50.1 Å². The van der Waals surface area contributed by atoms with Crippen molar-refractivity contribution in [2.75, 3.05) is 33.2 Å². The number of aryl methyl sites for hydroxylation is 2. The molecule has 1 aromatic heterocycles. The van der Waals surface area contributed by atoms with E-state index in [9.17, 15) is 4.79 Å². The SMILES string of the molecule is CNC(=O)c1nn(CCc2ccccc2)c2c1CC(N1CCC(N3CCCCC3)CC1)CC2. The van der Waals surface area contributed by atoms with Gasteiger partial charge < -0.3 is 10.2 Å². The third-order valence-electron chi connectivity index (χ3n) is 8.14. The third-order valence-corrected chi connectivity index (χ3v) is 8.14. The second-order valence-corrected chi connectivity index (χ2v) is 10.1. The van der Waals surface area contributed by atoms with Crippen LogP contribution in [0, 0.1) is 0 Å². The summed E-state index contributed by atoms with van der Waals surface area (Å²) < 4.78 is 2.12. The number of carbonyl (C=O) groups excluding carboxylic acids is 1. The number of benzene rings is 1. The number of hydrogen-bond donors (Lipinski definition) is 1. The number of fused-ring (bicyclic) bond motifs is 1. The lowest BCUT2D eigenvalue weighted by Gasteiger charge is -2.43. The van der Waals surface area contributed by atoms with Crippen molar-refractivity contribution in [3.63, 3.8) is 0 Å². The maximum Gasteiger partial charge on any atom is 0.271 e. The highest BCUT2D eigenvalue weighted by atomic mass is 16.1. The van der Waals surface area contributed by atoms with Crippen molar-refractivity contribution in [1.82, 2.24) is 24.9 Å². The number of likely N-dealkylation sites (tertiary alicyclic amines) is 2. The molecule has 2 saturated heterocycles. The highest BCUT2D eigenvalue weighted by Gasteiger charge is 2.34. The molecule has 6 heteroatoms. The Morgan fingerprint density at radius 1 is 0.970 bits per heavy atom. The molecule has 178 valence electrons. The first kappa shape index (κ1) is 22.6. The number of hydrogen-bond acceptors (Lipinski definition) is 4. The smallest absolute Gasteiger partial charge is 0.271 e. The summed E-state index contributed by atoms with van der Waals surface area (Å²) in [4.78, 5) is 18.1. The lowest BCUT2D eigenvalue weighted by Crippen LogP contribution is -2.50. The van der Waals surface area contributed by atoms with Gasteiger partial charge in [0.15, 0.2) is 5.69 Å². The Labute approximate surface area is 198 Å². The van der Waals surface area contributed by atoms with Gasteiger partial charge in [-0.2, -0.15) is 5.10 Å². The van der Waals surface area contributed by atoms with Crippen molar-refractivity contribution in [1.29, 1.82) is 0 Å². The van der Waals surface area contributed by atoms with Crippen LogP contribution in [0.25, 0.3) is 0 Å². The van der Waals surface area contributed by atoms with Crippen LogP contribution in [0.2, 0.25) is 0 Å². The van der Waals surface area contributed by atoms with Crippen molar-refractivity contribution in [2.24, 2.45) is 0 Å². The van der Waals surface area contributed by atoms with Crippen molar-refractivity contribution in [2.45, 2.75) is 76.4 Å².